The van der Waals surface area contributed by atoms with Crippen LogP contribution < -0.4 is 10.6 Å². The molecule has 1 atom stereocenters. The maximum absolute atomic E-state index is 13.0. The number of hydrogen-bond acceptors (Lipinski definition) is 3. The first-order valence-corrected chi connectivity index (χ1v) is 12.4. The third-order valence-electron chi connectivity index (χ3n) is 5.87. The first kappa shape index (κ1) is 22.7. The summed E-state index contributed by atoms with van der Waals surface area (Å²) >= 11 is 1.49. The lowest BCUT2D eigenvalue weighted by atomic mass is 10.1. The Morgan fingerprint density at radius 1 is 0.800 bits per heavy atom. The minimum absolute atomic E-state index is 0.0472. The highest BCUT2D eigenvalue weighted by Gasteiger charge is 2.19. The SMILES string of the molecule is CCC(Sc1cccc(NC(=O)c2ccc3ccccc3c2)c1)C(=O)Nc1ccc2cc[nH]c2c1. The molecule has 174 valence electrons. The number of thioether (sulfide) groups is 1. The fourth-order valence-electron chi connectivity index (χ4n) is 4.02. The number of carbonyl (C=O) groups excluding carboxylic acids is 2. The van der Waals surface area contributed by atoms with Crippen LogP contribution in [0.25, 0.3) is 21.7 Å². The van der Waals surface area contributed by atoms with Crippen molar-refractivity contribution in [3.63, 3.8) is 0 Å². The molecule has 2 amide bonds. The molecule has 3 N–H and O–H groups in total. The van der Waals surface area contributed by atoms with E-state index in [0.717, 1.165) is 32.3 Å². The smallest absolute Gasteiger partial charge is 0.255 e. The Labute approximate surface area is 207 Å². The molecule has 1 heterocycles. The lowest BCUT2D eigenvalue weighted by Crippen LogP contribution is -2.24. The van der Waals surface area contributed by atoms with Gasteiger partial charge in [0, 0.05) is 33.5 Å². The Balaban J connectivity index is 1.26. The predicted molar refractivity (Wildman–Crippen MR) is 145 cm³/mol. The normalized spacial score (nSPS) is 11.9. The Morgan fingerprint density at radius 3 is 2.46 bits per heavy atom. The fraction of sp³-hybridized carbons (Fsp3) is 0.103. The standard InChI is InChI=1S/C29H25N3O2S/c1-2-27(29(34)32-24-13-12-20-14-15-30-26(20)18-24)35-25-9-5-8-23(17-25)31-28(33)22-11-10-19-6-3-4-7-21(19)16-22/h3-18,27,30H,2H2,1H3,(H,31,33)(H,32,34). The minimum Gasteiger partial charge on any atom is -0.361 e. The lowest BCUT2D eigenvalue weighted by molar-refractivity contribution is -0.115. The van der Waals surface area contributed by atoms with Crippen molar-refractivity contribution in [3.8, 4) is 0 Å². The zero-order valence-corrected chi connectivity index (χ0v) is 20.1. The number of aromatic amines is 1. The third kappa shape index (κ3) is 5.23. The van der Waals surface area contributed by atoms with E-state index in [1.807, 2.05) is 104 Å². The Hall–Kier alpha value is -4.03. The predicted octanol–water partition coefficient (Wildman–Crippen LogP) is 7.08. The van der Waals surface area contributed by atoms with Gasteiger partial charge in [0.25, 0.3) is 5.91 Å². The molecule has 0 spiro atoms. The number of anilines is 2. The average molecular weight is 480 g/mol. The van der Waals surface area contributed by atoms with Crippen LogP contribution in [0.1, 0.15) is 23.7 Å². The van der Waals surface area contributed by atoms with Gasteiger partial charge in [0.15, 0.2) is 0 Å². The summed E-state index contributed by atoms with van der Waals surface area (Å²) in [6.07, 6.45) is 2.56. The summed E-state index contributed by atoms with van der Waals surface area (Å²) in [6, 6.07) is 29.1. The Bertz CT molecular complexity index is 1530. The van der Waals surface area contributed by atoms with Crippen LogP contribution in [-0.4, -0.2) is 22.0 Å². The molecule has 0 aliphatic heterocycles. The van der Waals surface area contributed by atoms with E-state index in [1.54, 1.807) is 0 Å². The molecule has 5 rings (SSSR count). The molecular weight excluding hydrogens is 454 g/mol. The third-order valence-corrected chi connectivity index (χ3v) is 7.23. The van der Waals surface area contributed by atoms with Gasteiger partial charge < -0.3 is 15.6 Å². The van der Waals surface area contributed by atoms with E-state index in [1.165, 1.54) is 11.8 Å². The molecule has 0 bridgehead atoms. The van der Waals surface area contributed by atoms with Gasteiger partial charge in [-0.2, -0.15) is 0 Å². The Morgan fingerprint density at radius 2 is 1.60 bits per heavy atom. The molecule has 1 unspecified atom stereocenters. The van der Waals surface area contributed by atoms with E-state index in [9.17, 15) is 9.59 Å². The zero-order valence-electron chi connectivity index (χ0n) is 19.2. The van der Waals surface area contributed by atoms with Crippen LogP contribution in [0.5, 0.6) is 0 Å². The summed E-state index contributed by atoms with van der Waals surface area (Å²) in [5, 5.41) is 8.97. The fourth-order valence-corrected chi connectivity index (χ4v) is 5.03. The molecule has 6 heteroatoms. The van der Waals surface area contributed by atoms with Crippen molar-refractivity contribution in [2.45, 2.75) is 23.5 Å². The second-order valence-corrected chi connectivity index (χ2v) is 9.60. The maximum Gasteiger partial charge on any atom is 0.255 e. The monoisotopic (exact) mass is 479 g/mol. The molecule has 4 aromatic carbocycles. The maximum atomic E-state index is 13.0. The van der Waals surface area contributed by atoms with E-state index in [2.05, 4.69) is 15.6 Å². The summed E-state index contributed by atoms with van der Waals surface area (Å²) in [5.41, 5.74) is 3.05. The molecule has 0 radical (unpaired) electrons. The summed E-state index contributed by atoms with van der Waals surface area (Å²) in [6.45, 7) is 2.00. The van der Waals surface area contributed by atoms with Gasteiger partial charge >= 0.3 is 0 Å². The second-order valence-electron chi connectivity index (χ2n) is 8.33. The van der Waals surface area contributed by atoms with Gasteiger partial charge in [-0.1, -0.05) is 49.4 Å². The van der Waals surface area contributed by atoms with E-state index < -0.39 is 0 Å². The van der Waals surface area contributed by atoms with E-state index in [4.69, 9.17) is 0 Å². The topological polar surface area (TPSA) is 74.0 Å². The van der Waals surface area contributed by atoms with E-state index in [-0.39, 0.29) is 17.1 Å². The number of nitrogens with one attached hydrogen (secondary N) is 3. The molecule has 0 aliphatic carbocycles. The number of hydrogen-bond donors (Lipinski definition) is 3. The van der Waals surface area contributed by atoms with Gasteiger partial charge in [0.1, 0.15) is 0 Å². The number of rotatable bonds is 7. The first-order valence-electron chi connectivity index (χ1n) is 11.5. The van der Waals surface area contributed by atoms with Crippen LogP contribution >= 0.6 is 11.8 Å². The number of fused-ring (bicyclic) bond motifs is 2. The van der Waals surface area contributed by atoms with Gasteiger partial charge in [0.05, 0.1) is 5.25 Å². The Kier molecular flexibility index (Phi) is 6.55. The van der Waals surface area contributed by atoms with Gasteiger partial charge in [-0.3, -0.25) is 9.59 Å². The van der Waals surface area contributed by atoms with Crippen molar-refractivity contribution in [3.05, 3.63) is 103 Å². The van der Waals surface area contributed by atoms with Crippen molar-refractivity contribution in [1.29, 1.82) is 0 Å². The quantitative estimate of drug-likeness (QED) is 0.218. The molecule has 35 heavy (non-hydrogen) atoms. The molecule has 5 nitrogen and oxygen atoms in total. The summed E-state index contributed by atoms with van der Waals surface area (Å²) < 4.78 is 0. The highest BCUT2D eigenvalue weighted by molar-refractivity contribution is 8.00. The highest BCUT2D eigenvalue weighted by atomic mass is 32.2. The molecule has 0 aliphatic rings. The number of amides is 2. The summed E-state index contributed by atoms with van der Waals surface area (Å²) in [7, 11) is 0. The number of aromatic nitrogens is 1. The van der Waals surface area contributed by atoms with Crippen LogP contribution in [0.3, 0.4) is 0 Å². The molecule has 0 saturated carbocycles. The van der Waals surface area contributed by atoms with Gasteiger partial charge in [-0.25, -0.2) is 0 Å². The number of H-pyrrole nitrogens is 1. The molecule has 5 aromatic rings. The number of benzene rings is 4. The van der Waals surface area contributed by atoms with Crippen LogP contribution in [-0.2, 0) is 4.79 Å². The van der Waals surface area contributed by atoms with E-state index >= 15 is 0 Å². The average Bonchev–Trinajstić information content (AvgIpc) is 3.35. The lowest BCUT2D eigenvalue weighted by Gasteiger charge is -2.15. The van der Waals surface area contributed by atoms with Crippen molar-refractivity contribution in [2.75, 3.05) is 10.6 Å². The van der Waals surface area contributed by atoms with Gasteiger partial charge in [-0.15, -0.1) is 11.8 Å². The molecule has 1 aromatic heterocycles. The number of carbonyl (C=O) groups is 2. The highest BCUT2D eigenvalue weighted by Crippen LogP contribution is 2.29. The van der Waals surface area contributed by atoms with Crippen molar-refractivity contribution < 1.29 is 9.59 Å². The van der Waals surface area contributed by atoms with Crippen molar-refractivity contribution in [1.82, 2.24) is 4.98 Å². The minimum atomic E-state index is -0.263. The van der Waals surface area contributed by atoms with Crippen LogP contribution in [0.2, 0.25) is 0 Å². The molecule has 0 saturated heterocycles. The van der Waals surface area contributed by atoms with Crippen molar-refractivity contribution >= 4 is 56.6 Å². The molecule has 0 fully saturated rings. The summed E-state index contributed by atoms with van der Waals surface area (Å²) in [4.78, 5) is 29.9. The van der Waals surface area contributed by atoms with Crippen LogP contribution in [0, 0.1) is 0 Å². The van der Waals surface area contributed by atoms with Crippen LogP contribution in [0.4, 0.5) is 11.4 Å². The van der Waals surface area contributed by atoms with Crippen molar-refractivity contribution in [2.24, 2.45) is 0 Å². The summed E-state index contributed by atoms with van der Waals surface area (Å²) in [5.74, 6) is -0.212. The van der Waals surface area contributed by atoms with Gasteiger partial charge in [-0.05, 0) is 71.1 Å². The second kappa shape index (κ2) is 10.1. The molecular formula is C29H25N3O2S. The first-order chi connectivity index (χ1) is 17.1. The van der Waals surface area contributed by atoms with E-state index in [0.29, 0.717) is 17.7 Å². The zero-order chi connectivity index (χ0) is 24.2. The van der Waals surface area contributed by atoms with Gasteiger partial charge in [0.2, 0.25) is 5.91 Å². The largest absolute Gasteiger partial charge is 0.361 e. The van der Waals surface area contributed by atoms with Crippen LogP contribution in [0.15, 0.2) is 102 Å².